The Labute approximate surface area is 165 Å². The van der Waals surface area contributed by atoms with Crippen molar-refractivity contribution >= 4 is 17.5 Å². The summed E-state index contributed by atoms with van der Waals surface area (Å²) in [7, 11) is 0. The van der Waals surface area contributed by atoms with Gasteiger partial charge < -0.3 is 20.7 Å². The topological polar surface area (TPSA) is 105 Å². The third-order valence-corrected chi connectivity index (χ3v) is 4.09. The number of aliphatic imine (C=N–C) groups is 1. The van der Waals surface area contributed by atoms with Crippen molar-refractivity contribution in [3.05, 3.63) is 35.8 Å². The van der Waals surface area contributed by atoms with Gasteiger partial charge in [-0.2, -0.15) is 13.2 Å². The number of aromatic nitrogens is 1. The van der Waals surface area contributed by atoms with Gasteiger partial charge in [-0.1, -0.05) is 6.92 Å². The zero-order chi connectivity index (χ0) is 21.7. The van der Waals surface area contributed by atoms with E-state index in [1.165, 1.54) is 18.6 Å². The summed E-state index contributed by atoms with van der Waals surface area (Å²) in [4.78, 5) is 32.7. The van der Waals surface area contributed by atoms with E-state index in [2.05, 4.69) is 30.7 Å². The average Bonchev–Trinajstić information content (AvgIpc) is 2.66. The maximum Gasteiger partial charge on any atom is 0.422 e. The first-order valence-electron chi connectivity index (χ1n) is 8.79. The second kappa shape index (κ2) is 8.93. The summed E-state index contributed by atoms with van der Waals surface area (Å²) in [6.45, 7) is 3.41. The molecule has 1 unspecified atom stereocenters. The van der Waals surface area contributed by atoms with Gasteiger partial charge in [0.15, 0.2) is 6.61 Å². The van der Waals surface area contributed by atoms with Gasteiger partial charge >= 0.3 is 6.18 Å². The summed E-state index contributed by atoms with van der Waals surface area (Å²) in [5.74, 6) is -1.02. The minimum absolute atomic E-state index is 0.0364. The summed E-state index contributed by atoms with van der Waals surface area (Å²) in [5, 5.41) is 8.15. The molecule has 0 radical (unpaired) electrons. The number of nitrogens with one attached hydrogen (secondary N) is 3. The van der Waals surface area contributed by atoms with E-state index >= 15 is 0 Å². The summed E-state index contributed by atoms with van der Waals surface area (Å²) in [6.07, 6.45) is -0.0621. The van der Waals surface area contributed by atoms with Crippen LogP contribution in [-0.4, -0.2) is 41.0 Å². The van der Waals surface area contributed by atoms with Gasteiger partial charge in [0.2, 0.25) is 17.5 Å². The number of amides is 2. The molecule has 2 heterocycles. The van der Waals surface area contributed by atoms with Crippen LogP contribution in [0.5, 0.6) is 5.88 Å². The standard InChI is InChI=1S/C18H22F3N5O3/c1-4-14(27)26-18(12(3)22-5-6-25-18)16(28)24-9-13-7-11(2)15(23-8-13)29-10-17(19,20)21/h5-8,25H,4,9-10H2,1-3H3,(H,24,28)(H,26,27). The molecule has 0 fully saturated rings. The molecule has 2 rings (SSSR count). The number of aryl methyl sites for hydroxylation is 1. The van der Waals surface area contributed by atoms with E-state index in [9.17, 15) is 22.8 Å². The molecule has 0 aromatic carbocycles. The number of alkyl halides is 3. The van der Waals surface area contributed by atoms with Crippen LogP contribution in [-0.2, 0) is 16.1 Å². The first kappa shape index (κ1) is 22.2. The second-order valence-corrected chi connectivity index (χ2v) is 6.38. The van der Waals surface area contributed by atoms with E-state index in [1.807, 2.05) is 0 Å². The average molecular weight is 413 g/mol. The molecule has 8 nitrogen and oxygen atoms in total. The number of nitrogens with zero attached hydrogens (tertiary/aromatic N) is 2. The highest BCUT2D eigenvalue weighted by Crippen LogP contribution is 2.20. The highest BCUT2D eigenvalue weighted by atomic mass is 19.4. The first-order valence-corrected chi connectivity index (χ1v) is 8.79. The van der Waals surface area contributed by atoms with Gasteiger partial charge in [-0.05, 0) is 25.5 Å². The zero-order valence-electron chi connectivity index (χ0n) is 16.2. The third-order valence-electron chi connectivity index (χ3n) is 4.09. The molecular weight excluding hydrogens is 391 g/mol. The Morgan fingerprint density at radius 2 is 2.03 bits per heavy atom. The molecule has 2 amide bonds. The number of carbonyl (C=O) groups excluding carboxylic acids is 2. The van der Waals surface area contributed by atoms with Crippen LogP contribution in [0.1, 0.15) is 31.4 Å². The molecule has 158 valence electrons. The van der Waals surface area contributed by atoms with E-state index in [4.69, 9.17) is 0 Å². The van der Waals surface area contributed by atoms with Crippen molar-refractivity contribution in [2.24, 2.45) is 4.99 Å². The maximum atomic E-state index is 12.8. The highest BCUT2D eigenvalue weighted by molar-refractivity contribution is 6.14. The van der Waals surface area contributed by atoms with Gasteiger partial charge in [0.25, 0.3) is 5.91 Å². The van der Waals surface area contributed by atoms with Crippen molar-refractivity contribution in [3.63, 3.8) is 0 Å². The fraction of sp³-hybridized carbons (Fsp3) is 0.444. The molecular formula is C18H22F3N5O3. The number of halogens is 3. The lowest BCUT2D eigenvalue weighted by Gasteiger charge is -2.35. The minimum Gasteiger partial charge on any atom is -0.468 e. The molecule has 0 bridgehead atoms. The van der Waals surface area contributed by atoms with Crippen LogP contribution in [0.4, 0.5) is 13.2 Å². The Hall–Kier alpha value is -3.11. The quantitative estimate of drug-likeness (QED) is 0.631. The van der Waals surface area contributed by atoms with Crippen LogP contribution in [0.3, 0.4) is 0 Å². The predicted octanol–water partition coefficient (Wildman–Crippen LogP) is 1.71. The number of hydrogen-bond acceptors (Lipinski definition) is 6. The Morgan fingerprint density at radius 1 is 1.31 bits per heavy atom. The molecule has 0 aliphatic carbocycles. The molecule has 1 aliphatic rings. The van der Waals surface area contributed by atoms with E-state index in [0.717, 1.165) is 0 Å². The molecule has 1 aromatic heterocycles. The van der Waals surface area contributed by atoms with Crippen molar-refractivity contribution in [1.82, 2.24) is 20.9 Å². The number of pyridine rings is 1. The van der Waals surface area contributed by atoms with E-state index in [0.29, 0.717) is 16.8 Å². The van der Waals surface area contributed by atoms with Gasteiger partial charge in [-0.3, -0.25) is 14.6 Å². The van der Waals surface area contributed by atoms with Crippen LogP contribution < -0.4 is 20.7 Å². The number of carbonyl (C=O) groups is 2. The molecule has 3 N–H and O–H groups in total. The predicted molar refractivity (Wildman–Crippen MR) is 98.9 cm³/mol. The van der Waals surface area contributed by atoms with Crippen molar-refractivity contribution in [3.8, 4) is 5.88 Å². The lowest BCUT2D eigenvalue weighted by Crippen LogP contribution is -2.70. The summed E-state index contributed by atoms with van der Waals surface area (Å²) < 4.78 is 41.5. The molecule has 0 saturated heterocycles. The normalized spacial score (nSPS) is 18.5. The molecule has 11 heteroatoms. The Morgan fingerprint density at radius 3 is 2.62 bits per heavy atom. The molecule has 0 saturated carbocycles. The van der Waals surface area contributed by atoms with Gasteiger partial charge in [-0.15, -0.1) is 0 Å². The van der Waals surface area contributed by atoms with Crippen LogP contribution in [0.15, 0.2) is 29.7 Å². The number of ether oxygens (including phenoxy) is 1. The Bertz CT molecular complexity index is 839. The van der Waals surface area contributed by atoms with Gasteiger partial charge in [0, 0.05) is 37.1 Å². The fourth-order valence-corrected chi connectivity index (χ4v) is 2.56. The fourth-order valence-electron chi connectivity index (χ4n) is 2.56. The van der Waals surface area contributed by atoms with Crippen molar-refractivity contribution in [2.75, 3.05) is 6.61 Å². The maximum absolute atomic E-state index is 12.8. The van der Waals surface area contributed by atoms with Gasteiger partial charge in [0.1, 0.15) is 0 Å². The number of rotatable bonds is 7. The monoisotopic (exact) mass is 413 g/mol. The second-order valence-electron chi connectivity index (χ2n) is 6.38. The number of hydrogen-bond donors (Lipinski definition) is 3. The molecule has 1 atom stereocenters. The molecule has 29 heavy (non-hydrogen) atoms. The Kier molecular flexibility index (Phi) is 6.83. The van der Waals surface area contributed by atoms with Gasteiger partial charge in [0.05, 0.1) is 5.71 Å². The van der Waals surface area contributed by atoms with Gasteiger partial charge in [-0.25, -0.2) is 4.98 Å². The molecule has 1 aliphatic heterocycles. The first-order chi connectivity index (χ1) is 13.6. The largest absolute Gasteiger partial charge is 0.468 e. The smallest absolute Gasteiger partial charge is 0.422 e. The van der Waals surface area contributed by atoms with Crippen LogP contribution in [0.2, 0.25) is 0 Å². The van der Waals surface area contributed by atoms with Crippen LogP contribution in [0, 0.1) is 6.92 Å². The third kappa shape index (κ3) is 5.69. The highest BCUT2D eigenvalue weighted by Gasteiger charge is 2.43. The van der Waals surface area contributed by atoms with E-state index in [1.54, 1.807) is 26.8 Å². The summed E-state index contributed by atoms with van der Waals surface area (Å²) >= 11 is 0. The molecule has 1 aromatic rings. The van der Waals surface area contributed by atoms with E-state index in [-0.39, 0.29) is 24.8 Å². The van der Waals surface area contributed by atoms with Crippen molar-refractivity contribution in [2.45, 2.75) is 45.6 Å². The van der Waals surface area contributed by atoms with E-state index < -0.39 is 24.4 Å². The zero-order valence-corrected chi connectivity index (χ0v) is 16.2. The lowest BCUT2D eigenvalue weighted by molar-refractivity contribution is -0.154. The van der Waals surface area contributed by atoms with Crippen LogP contribution >= 0.6 is 0 Å². The summed E-state index contributed by atoms with van der Waals surface area (Å²) in [6, 6.07) is 1.56. The SMILES string of the molecule is CCC(=O)NC1(C(=O)NCc2cnc(OCC(F)(F)F)c(C)c2)NC=CN=C1C. The van der Waals surface area contributed by atoms with Crippen molar-refractivity contribution < 1.29 is 27.5 Å². The van der Waals surface area contributed by atoms with Crippen LogP contribution in [0.25, 0.3) is 0 Å². The Balaban J connectivity index is 2.08. The minimum atomic E-state index is -4.46. The van der Waals surface area contributed by atoms with Crippen molar-refractivity contribution in [1.29, 1.82) is 0 Å². The lowest BCUT2D eigenvalue weighted by atomic mass is 10.0. The summed E-state index contributed by atoms with van der Waals surface area (Å²) in [5.41, 5.74) is -0.232. The molecule has 0 spiro atoms.